The fourth-order valence-electron chi connectivity index (χ4n) is 4.74. The van der Waals surface area contributed by atoms with E-state index in [1.54, 1.807) is 42.3 Å². The van der Waals surface area contributed by atoms with E-state index in [0.717, 1.165) is 22.0 Å². The fraction of sp³-hybridized carbons (Fsp3) is 0.154. The number of aromatic nitrogens is 1. The molecule has 32 heavy (non-hydrogen) atoms. The van der Waals surface area contributed by atoms with Crippen LogP contribution in [-0.2, 0) is 11.8 Å². The minimum atomic E-state index is -0.585. The molecule has 3 aromatic carbocycles. The second-order valence-corrected chi connectivity index (χ2v) is 8.57. The number of nitrogens with zero attached hydrogens (tertiary/aromatic N) is 2. The van der Waals surface area contributed by atoms with Gasteiger partial charge in [-0.2, -0.15) is 0 Å². The van der Waals surface area contributed by atoms with Gasteiger partial charge >= 0.3 is 0 Å². The summed E-state index contributed by atoms with van der Waals surface area (Å²) in [5.41, 5.74) is 3.90. The Morgan fingerprint density at radius 3 is 2.50 bits per heavy atom. The average molecular weight is 444 g/mol. The van der Waals surface area contributed by atoms with Crippen LogP contribution in [0.2, 0.25) is 5.02 Å². The van der Waals surface area contributed by atoms with Gasteiger partial charge in [0.2, 0.25) is 5.91 Å². The standard InChI is InChI=1S/C26H22ClN3O2/c1-29-15-21(18-10-5-6-13-22(18)29)24-23(25(31)28-17-9-7-8-16(27)14-17)19-11-3-4-12-20(19)26(32)30(24)2/h3-15,23-24H,1-2H3,(H,28,31)/t23-,24-/m0/s1. The third-order valence-electron chi connectivity index (χ3n) is 6.20. The quantitative estimate of drug-likeness (QED) is 0.462. The molecular formula is C26H22ClN3O2. The molecule has 1 N–H and O–H groups in total. The van der Waals surface area contributed by atoms with Crippen LogP contribution in [0.4, 0.5) is 5.69 Å². The Morgan fingerprint density at radius 2 is 1.69 bits per heavy atom. The van der Waals surface area contributed by atoms with Gasteiger partial charge in [0.05, 0.1) is 12.0 Å². The summed E-state index contributed by atoms with van der Waals surface area (Å²) in [7, 11) is 3.75. The van der Waals surface area contributed by atoms with Crippen LogP contribution in [0.5, 0.6) is 0 Å². The number of hydrogen-bond acceptors (Lipinski definition) is 2. The third-order valence-corrected chi connectivity index (χ3v) is 6.44. The van der Waals surface area contributed by atoms with Crippen LogP contribution >= 0.6 is 11.6 Å². The number of benzene rings is 3. The lowest BCUT2D eigenvalue weighted by molar-refractivity contribution is -0.119. The molecule has 6 heteroatoms. The van der Waals surface area contributed by atoms with Crippen molar-refractivity contribution in [1.82, 2.24) is 9.47 Å². The van der Waals surface area contributed by atoms with E-state index in [1.165, 1.54) is 0 Å². The second-order valence-electron chi connectivity index (χ2n) is 8.14. The zero-order valence-electron chi connectivity index (χ0n) is 17.7. The first-order valence-corrected chi connectivity index (χ1v) is 10.8. The fourth-order valence-corrected chi connectivity index (χ4v) is 4.93. The molecule has 0 bridgehead atoms. The number of nitrogens with one attached hydrogen (secondary N) is 1. The van der Waals surface area contributed by atoms with Crippen molar-refractivity contribution < 1.29 is 9.59 Å². The molecule has 5 nitrogen and oxygen atoms in total. The van der Waals surface area contributed by atoms with E-state index in [-0.39, 0.29) is 11.8 Å². The number of carbonyl (C=O) groups is 2. The Bertz CT molecular complexity index is 1360. The van der Waals surface area contributed by atoms with Gasteiger partial charge in [-0.05, 0) is 35.9 Å². The number of aryl methyl sites for hydroxylation is 1. The van der Waals surface area contributed by atoms with E-state index in [4.69, 9.17) is 11.6 Å². The summed E-state index contributed by atoms with van der Waals surface area (Å²) in [5.74, 6) is -0.860. The molecule has 2 atom stereocenters. The van der Waals surface area contributed by atoms with Gasteiger partial charge in [0.1, 0.15) is 0 Å². The van der Waals surface area contributed by atoms with Gasteiger partial charge in [-0.15, -0.1) is 0 Å². The third kappa shape index (κ3) is 3.26. The first-order valence-electron chi connectivity index (χ1n) is 10.4. The van der Waals surface area contributed by atoms with Crippen molar-refractivity contribution in [2.24, 2.45) is 7.05 Å². The molecule has 160 valence electrons. The maximum atomic E-state index is 13.7. The maximum Gasteiger partial charge on any atom is 0.254 e. The molecular weight excluding hydrogens is 422 g/mol. The number of anilines is 1. The first kappa shape index (κ1) is 20.3. The number of likely N-dealkylation sites (N-methyl/N-ethyl adjacent to an activating group) is 1. The highest BCUT2D eigenvalue weighted by Gasteiger charge is 2.43. The van der Waals surface area contributed by atoms with E-state index in [1.807, 2.05) is 60.3 Å². The number of fused-ring (bicyclic) bond motifs is 2. The van der Waals surface area contributed by atoms with Gasteiger partial charge in [0.15, 0.2) is 0 Å². The highest BCUT2D eigenvalue weighted by atomic mass is 35.5. The summed E-state index contributed by atoms with van der Waals surface area (Å²) in [6, 6.07) is 22.0. The number of para-hydroxylation sites is 1. The van der Waals surface area contributed by atoms with Crippen molar-refractivity contribution in [2.45, 2.75) is 12.0 Å². The second kappa shape index (κ2) is 7.84. The highest BCUT2D eigenvalue weighted by Crippen LogP contribution is 2.44. The predicted octanol–water partition coefficient (Wildman–Crippen LogP) is 5.38. The average Bonchev–Trinajstić information content (AvgIpc) is 3.12. The normalized spacial score (nSPS) is 18.0. The lowest BCUT2D eigenvalue weighted by atomic mass is 9.79. The molecule has 0 fully saturated rings. The molecule has 0 saturated carbocycles. The van der Waals surface area contributed by atoms with Crippen molar-refractivity contribution in [1.29, 1.82) is 0 Å². The molecule has 2 heterocycles. The number of hydrogen-bond donors (Lipinski definition) is 1. The van der Waals surface area contributed by atoms with Gasteiger partial charge in [-0.1, -0.05) is 54.1 Å². The minimum absolute atomic E-state index is 0.0923. The van der Waals surface area contributed by atoms with Crippen LogP contribution in [0.25, 0.3) is 10.9 Å². The predicted molar refractivity (Wildman–Crippen MR) is 127 cm³/mol. The van der Waals surface area contributed by atoms with Crippen molar-refractivity contribution in [2.75, 3.05) is 12.4 Å². The molecule has 0 radical (unpaired) electrons. The van der Waals surface area contributed by atoms with Crippen LogP contribution in [0.1, 0.15) is 33.4 Å². The Balaban J connectivity index is 1.68. The summed E-state index contributed by atoms with van der Waals surface area (Å²) in [4.78, 5) is 28.7. The summed E-state index contributed by atoms with van der Waals surface area (Å²) in [6.45, 7) is 0. The largest absolute Gasteiger partial charge is 0.350 e. The monoisotopic (exact) mass is 443 g/mol. The van der Waals surface area contributed by atoms with Crippen LogP contribution in [0.15, 0.2) is 79.0 Å². The Hall–Kier alpha value is -3.57. The van der Waals surface area contributed by atoms with E-state index >= 15 is 0 Å². The molecule has 0 spiro atoms. The van der Waals surface area contributed by atoms with Crippen LogP contribution < -0.4 is 5.32 Å². The molecule has 0 unspecified atom stereocenters. The van der Waals surface area contributed by atoms with E-state index in [2.05, 4.69) is 5.32 Å². The lowest BCUT2D eigenvalue weighted by Gasteiger charge is -2.39. The number of carbonyl (C=O) groups excluding carboxylic acids is 2. The zero-order chi connectivity index (χ0) is 22.4. The summed E-state index contributed by atoms with van der Waals surface area (Å²) in [6.07, 6.45) is 2.02. The molecule has 2 amide bonds. The molecule has 5 rings (SSSR count). The molecule has 4 aromatic rings. The maximum absolute atomic E-state index is 13.7. The number of rotatable bonds is 3. The van der Waals surface area contributed by atoms with E-state index in [0.29, 0.717) is 16.3 Å². The van der Waals surface area contributed by atoms with Crippen molar-refractivity contribution in [3.8, 4) is 0 Å². The van der Waals surface area contributed by atoms with E-state index < -0.39 is 12.0 Å². The van der Waals surface area contributed by atoms with Crippen LogP contribution in [0.3, 0.4) is 0 Å². The SMILES string of the molecule is CN1C(=O)c2ccccc2[C@H](C(=O)Nc2cccc(Cl)c2)[C@@H]1c1cn(C)c2ccccc12. The first-order chi connectivity index (χ1) is 15.5. The highest BCUT2D eigenvalue weighted by molar-refractivity contribution is 6.30. The molecule has 1 aliphatic rings. The van der Waals surface area contributed by atoms with Gasteiger partial charge in [-0.25, -0.2) is 0 Å². The molecule has 1 aliphatic heterocycles. The lowest BCUT2D eigenvalue weighted by Crippen LogP contribution is -2.44. The minimum Gasteiger partial charge on any atom is -0.350 e. The number of amides is 2. The Labute approximate surface area is 191 Å². The van der Waals surface area contributed by atoms with Gasteiger partial charge < -0.3 is 14.8 Å². The summed E-state index contributed by atoms with van der Waals surface area (Å²) >= 11 is 6.12. The van der Waals surface area contributed by atoms with Crippen molar-refractivity contribution in [3.05, 3.63) is 101 Å². The van der Waals surface area contributed by atoms with Gasteiger partial charge in [0.25, 0.3) is 5.91 Å². The Kier molecular flexibility index (Phi) is 4.98. The topological polar surface area (TPSA) is 54.3 Å². The Morgan fingerprint density at radius 1 is 0.938 bits per heavy atom. The van der Waals surface area contributed by atoms with Crippen molar-refractivity contribution >= 4 is 40.0 Å². The van der Waals surface area contributed by atoms with Gasteiger partial charge in [0, 0.05) is 53.0 Å². The van der Waals surface area contributed by atoms with Gasteiger partial charge in [-0.3, -0.25) is 9.59 Å². The summed E-state index contributed by atoms with van der Waals surface area (Å²) in [5, 5.41) is 4.59. The van der Waals surface area contributed by atoms with E-state index in [9.17, 15) is 9.59 Å². The molecule has 1 aromatic heterocycles. The molecule has 0 aliphatic carbocycles. The molecule has 0 saturated heterocycles. The summed E-state index contributed by atoms with van der Waals surface area (Å²) < 4.78 is 2.04. The van der Waals surface area contributed by atoms with Crippen molar-refractivity contribution in [3.63, 3.8) is 0 Å². The number of halogens is 1. The van der Waals surface area contributed by atoms with Crippen LogP contribution in [0, 0.1) is 0 Å². The zero-order valence-corrected chi connectivity index (χ0v) is 18.5. The smallest absolute Gasteiger partial charge is 0.254 e. The van der Waals surface area contributed by atoms with Crippen LogP contribution in [-0.4, -0.2) is 28.3 Å².